The molecule has 3 aromatic rings. The molecule has 0 N–H and O–H groups in total. The maximum atomic E-state index is 13.2. The van der Waals surface area contributed by atoms with Crippen LogP contribution in [0.15, 0.2) is 53.7 Å². The topological polar surface area (TPSA) is 74.8 Å². The highest BCUT2D eigenvalue weighted by Crippen LogP contribution is 2.28. The van der Waals surface area contributed by atoms with Crippen LogP contribution in [0.25, 0.3) is 11.4 Å². The van der Waals surface area contributed by atoms with Gasteiger partial charge in [0.15, 0.2) is 11.0 Å². The minimum absolute atomic E-state index is 0.0739. The Hall–Kier alpha value is -2.82. The summed E-state index contributed by atoms with van der Waals surface area (Å²) < 4.78 is 1.86. The predicted octanol–water partition coefficient (Wildman–Crippen LogP) is 4.87. The molecule has 3 rings (SSSR count). The summed E-state index contributed by atoms with van der Waals surface area (Å²) in [4.78, 5) is 14.9. The number of amides is 1. The molecule has 6 nitrogen and oxygen atoms in total. The Bertz CT molecular complexity index is 1060. The minimum Gasteiger partial charge on any atom is -0.310 e. The average molecular weight is 440 g/mol. The van der Waals surface area contributed by atoms with Crippen LogP contribution in [0.2, 0.25) is 5.02 Å². The number of aromatic nitrogens is 3. The number of benzene rings is 2. The van der Waals surface area contributed by atoms with Crippen molar-refractivity contribution in [2.75, 3.05) is 11.4 Å². The molecule has 0 radical (unpaired) electrons. The second-order valence-electron chi connectivity index (χ2n) is 6.87. The maximum Gasteiger partial charge on any atom is 0.240 e. The number of carbonyl (C=O) groups excluding carboxylic acids is 1. The van der Waals surface area contributed by atoms with Crippen molar-refractivity contribution in [3.05, 3.63) is 59.1 Å². The number of anilines is 1. The Morgan fingerprint density at radius 1 is 1.20 bits per heavy atom. The lowest BCUT2D eigenvalue weighted by atomic mass is 10.2. The molecule has 0 saturated heterocycles. The van der Waals surface area contributed by atoms with Crippen molar-refractivity contribution in [1.29, 1.82) is 5.26 Å². The van der Waals surface area contributed by atoms with Crippen LogP contribution in [-0.2, 0) is 11.8 Å². The van der Waals surface area contributed by atoms with Gasteiger partial charge in [0.25, 0.3) is 0 Å². The number of nitrogens with zero attached hydrogens (tertiary/aromatic N) is 5. The second-order valence-corrected chi connectivity index (χ2v) is 8.61. The van der Waals surface area contributed by atoms with E-state index >= 15 is 0 Å². The summed E-state index contributed by atoms with van der Waals surface area (Å²) in [6, 6.07) is 17.2. The van der Waals surface area contributed by atoms with Crippen molar-refractivity contribution in [2.24, 2.45) is 7.05 Å². The summed E-state index contributed by atoms with van der Waals surface area (Å²) in [6.07, 6.45) is 0.266. The third-order valence-corrected chi connectivity index (χ3v) is 6.00. The van der Waals surface area contributed by atoms with Crippen LogP contribution in [0.5, 0.6) is 0 Å². The zero-order valence-electron chi connectivity index (χ0n) is 17.0. The molecule has 0 fully saturated rings. The van der Waals surface area contributed by atoms with Gasteiger partial charge in [-0.15, -0.1) is 10.2 Å². The maximum absolute atomic E-state index is 13.2. The van der Waals surface area contributed by atoms with E-state index in [9.17, 15) is 4.79 Å². The van der Waals surface area contributed by atoms with E-state index in [4.69, 9.17) is 16.9 Å². The summed E-state index contributed by atoms with van der Waals surface area (Å²) in [5.41, 5.74) is 2.80. The van der Waals surface area contributed by atoms with Crippen molar-refractivity contribution in [1.82, 2.24) is 14.8 Å². The van der Waals surface area contributed by atoms with Crippen LogP contribution in [-0.4, -0.2) is 32.5 Å². The van der Waals surface area contributed by atoms with Gasteiger partial charge in [-0.3, -0.25) is 4.79 Å². The molecule has 1 aromatic heterocycles. The van der Waals surface area contributed by atoms with Gasteiger partial charge in [0, 0.05) is 29.9 Å². The fourth-order valence-corrected chi connectivity index (χ4v) is 3.95. The first-order chi connectivity index (χ1) is 14.4. The molecule has 1 atom stereocenters. The third kappa shape index (κ3) is 5.02. The average Bonchev–Trinajstić information content (AvgIpc) is 3.10. The number of rotatable bonds is 7. The molecule has 8 heteroatoms. The third-order valence-electron chi connectivity index (χ3n) is 4.63. The van der Waals surface area contributed by atoms with Crippen LogP contribution in [0.1, 0.15) is 18.9 Å². The van der Waals surface area contributed by atoms with Crippen LogP contribution in [0, 0.1) is 18.3 Å². The van der Waals surface area contributed by atoms with Crippen molar-refractivity contribution in [2.45, 2.75) is 30.7 Å². The molecule has 1 heterocycles. The Kier molecular flexibility index (Phi) is 7.14. The van der Waals surface area contributed by atoms with Gasteiger partial charge in [0.05, 0.1) is 17.7 Å². The fourth-order valence-electron chi connectivity index (χ4n) is 2.95. The highest BCUT2D eigenvalue weighted by Gasteiger charge is 2.25. The Balaban J connectivity index is 1.79. The van der Waals surface area contributed by atoms with E-state index < -0.39 is 5.25 Å². The van der Waals surface area contributed by atoms with Crippen LogP contribution in [0.3, 0.4) is 0 Å². The minimum atomic E-state index is -0.397. The zero-order valence-corrected chi connectivity index (χ0v) is 18.6. The lowest BCUT2D eigenvalue weighted by molar-refractivity contribution is -0.117. The van der Waals surface area contributed by atoms with E-state index in [0.29, 0.717) is 22.5 Å². The van der Waals surface area contributed by atoms with Gasteiger partial charge in [-0.05, 0) is 50.2 Å². The lowest BCUT2D eigenvalue weighted by Gasteiger charge is -2.25. The van der Waals surface area contributed by atoms with E-state index in [-0.39, 0.29) is 12.3 Å². The van der Waals surface area contributed by atoms with Crippen LogP contribution < -0.4 is 4.90 Å². The van der Waals surface area contributed by atoms with E-state index in [2.05, 4.69) is 16.3 Å². The Morgan fingerprint density at radius 3 is 2.50 bits per heavy atom. The molecule has 30 heavy (non-hydrogen) atoms. The molecule has 0 spiro atoms. The quantitative estimate of drug-likeness (QED) is 0.491. The summed E-state index contributed by atoms with van der Waals surface area (Å²) in [7, 11) is 1.87. The number of nitriles is 1. The highest BCUT2D eigenvalue weighted by molar-refractivity contribution is 8.00. The normalized spacial score (nSPS) is 11.7. The summed E-state index contributed by atoms with van der Waals surface area (Å²) in [5, 5.41) is 18.4. The number of carbonyl (C=O) groups is 1. The molecule has 0 bridgehead atoms. The first kappa shape index (κ1) is 21.9. The molecule has 0 aliphatic carbocycles. The molecule has 0 saturated carbocycles. The van der Waals surface area contributed by atoms with Crippen LogP contribution in [0.4, 0.5) is 5.69 Å². The van der Waals surface area contributed by atoms with E-state index in [0.717, 1.165) is 16.8 Å². The van der Waals surface area contributed by atoms with Gasteiger partial charge in [0.1, 0.15) is 0 Å². The van der Waals surface area contributed by atoms with Crippen molar-refractivity contribution in [3.63, 3.8) is 0 Å². The second kappa shape index (κ2) is 9.79. The largest absolute Gasteiger partial charge is 0.310 e. The summed E-state index contributed by atoms with van der Waals surface area (Å²) in [6.45, 7) is 4.19. The van der Waals surface area contributed by atoms with E-state index in [1.165, 1.54) is 11.8 Å². The van der Waals surface area contributed by atoms with Crippen molar-refractivity contribution >= 4 is 35.0 Å². The van der Waals surface area contributed by atoms with Gasteiger partial charge < -0.3 is 9.47 Å². The molecular weight excluding hydrogens is 418 g/mol. The number of halogens is 1. The Labute approximate surface area is 185 Å². The lowest BCUT2D eigenvalue weighted by Crippen LogP contribution is -2.37. The molecular formula is C22H22ClN5OS. The van der Waals surface area contributed by atoms with Gasteiger partial charge in [0.2, 0.25) is 5.91 Å². The highest BCUT2D eigenvalue weighted by atomic mass is 35.5. The summed E-state index contributed by atoms with van der Waals surface area (Å²) >= 11 is 7.31. The first-order valence-corrected chi connectivity index (χ1v) is 10.7. The van der Waals surface area contributed by atoms with Gasteiger partial charge >= 0.3 is 0 Å². The zero-order chi connectivity index (χ0) is 21.7. The standard InChI is InChI=1S/C22H22ClN5OS/c1-15-5-11-19(12-6-15)28(14-4-13-24)21(29)16(2)30-22-26-25-20(27(22)3)17-7-9-18(23)10-8-17/h5-12,16H,4,14H2,1-3H3. The molecule has 0 aliphatic rings. The molecule has 1 amide bonds. The molecule has 1 unspecified atom stereocenters. The molecule has 0 aliphatic heterocycles. The fraction of sp³-hybridized carbons (Fsp3) is 0.273. The van der Waals surface area contributed by atoms with Gasteiger partial charge in [-0.2, -0.15) is 5.26 Å². The smallest absolute Gasteiger partial charge is 0.240 e. The van der Waals surface area contributed by atoms with E-state index in [1.807, 2.05) is 61.9 Å². The predicted molar refractivity (Wildman–Crippen MR) is 121 cm³/mol. The number of thioether (sulfide) groups is 1. The number of hydrogen-bond acceptors (Lipinski definition) is 5. The van der Waals surface area contributed by atoms with Crippen molar-refractivity contribution in [3.8, 4) is 17.5 Å². The first-order valence-electron chi connectivity index (χ1n) is 9.47. The SMILES string of the molecule is Cc1ccc(N(CCC#N)C(=O)C(C)Sc2nnc(-c3ccc(Cl)cc3)n2C)cc1. The van der Waals surface area contributed by atoms with Gasteiger partial charge in [-0.25, -0.2) is 0 Å². The number of aryl methyl sites for hydroxylation is 1. The summed E-state index contributed by atoms with van der Waals surface area (Å²) in [5.74, 6) is 0.629. The van der Waals surface area contributed by atoms with E-state index in [1.54, 1.807) is 17.0 Å². The van der Waals surface area contributed by atoms with Crippen LogP contribution >= 0.6 is 23.4 Å². The Morgan fingerprint density at radius 2 is 1.87 bits per heavy atom. The monoisotopic (exact) mass is 439 g/mol. The molecule has 2 aromatic carbocycles. The van der Waals surface area contributed by atoms with Gasteiger partial charge in [-0.1, -0.05) is 41.1 Å². The molecule has 154 valence electrons. The number of hydrogen-bond donors (Lipinski definition) is 0. The van der Waals surface area contributed by atoms with Crippen molar-refractivity contribution < 1.29 is 4.79 Å².